The first-order valence-corrected chi connectivity index (χ1v) is 17.1. The molecule has 260 valence electrons. The number of benzene rings is 3. The molecule has 0 bridgehead atoms. The van der Waals surface area contributed by atoms with Crippen LogP contribution in [0.3, 0.4) is 0 Å². The molecule has 50 heavy (non-hydrogen) atoms. The molecular weight excluding hydrogens is 677 g/mol. The smallest absolute Gasteiger partial charge is 0.329 e. The molecule has 3 aliphatic rings. The lowest BCUT2D eigenvalue weighted by atomic mass is 9.89. The number of aromatic nitrogens is 2. The number of fused-ring (bicyclic) bond motifs is 2. The van der Waals surface area contributed by atoms with Crippen LogP contribution >= 0.6 is 0 Å². The molecule has 18 heteroatoms. The third kappa shape index (κ3) is 5.50. The molecule has 0 saturated carbocycles. The quantitative estimate of drug-likeness (QED) is 0.175. The predicted octanol–water partition coefficient (Wildman–Crippen LogP) is 0.841. The lowest BCUT2D eigenvalue weighted by Crippen LogP contribution is -2.44. The number of aryl methyl sites for hydroxylation is 1. The Hall–Kier alpha value is -5.78. The molecule has 0 radical (unpaired) electrons. The van der Waals surface area contributed by atoms with E-state index in [-0.39, 0.29) is 59.9 Å². The molecule has 3 aliphatic heterocycles. The minimum atomic E-state index is -4.38. The molecule has 1 unspecified atom stereocenters. The van der Waals surface area contributed by atoms with Crippen LogP contribution in [0, 0.1) is 5.82 Å². The van der Waals surface area contributed by atoms with Crippen LogP contribution in [0.15, 0.2) is 47.3 Å². The minimum absolute atomic E-state index is 0.0259. The number of halogens is 1. The van der Waals surface area contributed by atoms with Crippen molar-refractivity contribution in [2.75, 3.05) is 29.3 Å². The molecule has 7 rings (SSSR count). The van der Waals surface area contributed by atoms with E-state index in [9.17, 15) is 42.3 Å². The summed E-state index contributed by atoms with van der Waals surface area (Å²) in [7, 11) is -2.77. The Morgan fingerprint density at radius 3 is 2.38 bits per heavy atom. The lowest BCUT2D eigenvalue weighted by molar-refractivity contribution is -0.143. The maximum Gasteiger partial charge on any atom is 0.329 e. The molecule has 1 aromatic heterocycles. The Bertz CT molecular complexity index is 2340. The number of phenols is 1. The van der Waals surface area contributed by atoms with Crippen molar-refractivity contribution in [1.29, 1.82) is 0 Å². The van der Waals surface area contributed by atoms with Gasteiger partial charge in [-0.15, -0.1) is 0 Å². The summed E-state index contributed by atoms with van der Waals surface area (Å²) in [6.07, 6.45) is 1.44. The first kappa shape index (κ1) is 32.8. The molecule has 4 N–H and O–H groups in total. The highest BCUT2D eigenvalue weighted by Crippen LogP contribution is 2.39. The normalized spacial score (nSPS) is 19.6. The topological polar surface area (TPSA) is 209 Å². The van der Waals surface area contributed by atoms with E-state index in [4.69, 9.17) is 0 Å². The van der Waals surface area contributed by atoms with E-state index in [1.807, 2.05) is 12.1 Å². The van der Waals surface area contributed by atoms with E-state index in [1.54, 1.807) is 17.8 Å². The highest BCUT2D eigenvalue weighted by molar-refractivity contribution is 7.92. The van der Waals surface area contributed by atoms with E-state index in [0.717, 1.165) is 11.6 Å². The molecule has 0 spiro atoms. The van der Waals surface area contributed by atoms with Gasteiger partial charge in [-0.25, -0.2) is 18.2 Å². The SMILES string of the molecule is Cn1c(=O)n(C2CCC(=O)NC2=O)c2ccc(C3CCN(C(=O)C(=O)Nc4ccc5c(F)c(N6CC(=O)NS6(=O)=O)c(O)cc5c4)CC3)cc21. The molecule has 4 aromatic rings. The Labute approximate surface area is 282 Å². The number of imide groups is 1. The van der Waals surface area contributed by atoms with Crippen molar-refractivity contribution in [3.63, 3.8) is 0 Å². The first-order valence-electron chi connectivity index (χ1n) is 15.7. The summed E-state index contributed by atoms with van der Waals surface area (Å²) in [6, 6.07) is 9.73. The van der Waals surface area contributed by atoms with Crippen molar-refractivity contribution in [3.8, 4) is 5.75 Å². The number of carbonyl (C=O) groups is 5. The highest BCUT2D eigenvalue weighted by atomic mass is 32.2. The number of nitrogens with zero attached hydrogens (tertiary/aromatic N) is 4. The molecule has 3 saturated heterocycles. The summed E-state index contributed by atoms with van der Waals surface area (Å²) in [5.74, 6) is -5.28. The predicted molar refractivity (Wildman–Crippen MR) is 176 cm³/mol. The molecule has 5 amide bonds. The van der Waals surface area contributed by atoms with Crippen LogP contribution < -0.4 is 25.4 Å². The van der Waals surface area contributed by atoms with Crippen molar-refractivity contribution in [3.05, 3.63) is 64.3 Å². The number of aromatic hydroxyl groups is 1. The van der Waals surface area contributed by atoms with Gasteiger partial charge >= 0.3 is 27.7 Å². The Kier molecular flexibility index (Phi) is 7.84. The number of hydrogen-bond acceptors (Lipinski definition) is 9. The van der Waals surface area contributed by atoms with Gasteiger partial charge in [0.15, 0.2) is 5.82 Å². The standard InChI is InChI=1S/C32H30FN7O9S/c1-37-23-13-17(2-5-21(23)40(32(37)47)22-6-7-25(42)35-29(22)44)16-8-10-38(11-9-16)31(46)30(45)34-19-3-4-20-18(12-19)14-24(41)28(27(20)33)39-15-26(43)36-50(39,48)49/h2-5,12-14,16,22,41H,6-11,15H2,1H3,(H,34,45)(H,36,43)(H,35,42,44). The third-order valence-electron chi connectivity index (χ3n) is 9.44. The van der Waals surface area contributed by atoms with Gasteiger partial charge in [0.1, 0.15) is 24.0 Å². The Balaban J connectivity index is 1.02. The minimum Gasteiger partial charge on any atom is -0.506 e. The van der Waals surface area contributed by atoms with E-state index < -0.39 is 63.7 Å². The summed E-state index contributed by atoms with van der Waals surface area (Å²) in [6.45, 7) is -0.147. The summed E-state index contributed by atoms with van der Waals surface area (Å²) >= 11 is 0. The van der Waals surface area contributed by atoms with Crippen LogP contribution in [0.1, 0.15) is 43.2 Å². The Morgan fingerprint density at radius 2 is 1.70 bits per heavy atom. The fourth-order valence-corrected chi connectivity index (χ4v) is 8.07. The van der Waals surface area contributed by atoms with Gasteiger partial charge in [0, 0.05) is 37.6 Å². The summed E-state index contributed by atoms with van der Waals surface area (Å²) < 4.78 is 44.8. The zero-order chi connectivity index (χ0) is 35.6. The van der Waals surface area contributed by atoms with Gasteiger partial charge in [-0.1, -0.05) is 6.07 Å². The number of imidazole rings is 1. The number of rotatable bonds is 4. The number of likely N-dealkylation sites (tertiary alicyclic amines) is 1. The van der Waals surface area contributed by atoms with Crippen LogP contribution in [0.5, 0.6) is 5.75 Å². The maximum absolute atomic E-state index is 15.4. The van der Waals surface area contributed by atoms with Gasteiger partial charge in [0.05, 0.1) is 11.0 Å². The highest BCUT2D eigenvalue weighted by Gasteiger charge is 2.38. The summed E-state index contributed by atoms with van der Waals surface area (Å²) in [5, 5.41) is 15.3. The molecule has 1 atom stereocenters. The first-order chi connectivity index (χ1) is 23.7. The van der Waals surface area contributed by atoms with Gasteiger partial charge in [0.2, 0.25) is 11.8 Å². The molecule has 4 heterocycles. The largest absolute Gasteiger partial charge is 0.506 e. The summed E-state index contributed by atoms with van der Waals surface area (Å²) in [4.78, 5) is 76.3. The number of anilines is 2. The van der Waals surface area contributed by atoms with Crippen LogP contribution in [0.2, 0.25) is 0 Å². The van der Waals surface area contributed by atoms with Gasteiger partial charge in [-0.3, -0.25) is 38.4 Å². The van der Waals surface area contributed by atoms with Gasteiger partial charge in [-0.2, -0.15) is 8.42 Å². The third-order valence-corrected chi connectivity index (χ3v) is 10.8. The van der Waals surface area contributed by atoms with Gasteiger partial charge in [-0.05, 0) is 72.5 Å². The maximum atomic E-state index is 15.4. The Morgan fingerprint density at radius 1 is 0.960 bits per heavy atom. The second-order valence-corrected chi connectivity index (χ2v) is 14.1. The molecule has 3 fully saturated rings. The zero-order valence-corrected chi connectivity index (χ0v) is 27.3. The fraction of sp³-hybridized carbons (Fsp3) is 0.312. The van der Waals surface area contributed by atoms with E-state index >= 15 is 4.39 Å². The van der Waals surface area contributed by atoms with Gasteiger partial charge in [0.25, 0.3) is 5.91 Å². The second kappa shape index (κ2) is 12.0. The number of piperidine rings is 2. The average Bonchev–Trinajstić information content (AvgIpc) is 3.49. The van der Waals surface area contributed by atoms with Crippen LogP contribution in [0.4, 0.5) is 15.8 Å². The van der Waals surface area contributed by atoms with Crippen molar-refractivity contribution < 1.29 is 41.9 Å². The summed E-state index contributed by atoms with van der Waals surface area (Å²) in [5.41, 5.74) is 1.20. The van der Waals surface area contributed by atoms with Crippen LogP contribution in [-0.4, -0.2) is 76.7 Å². The molecule has 0 aliphatic carbocycles. The van der Waals surface area contributed by atoms with Crippen molar-refractivity contribution in [2.24, 2.45) is 7.05 Å². The number of phenolic OH excluding ortho intramolecular Hbond substituents is 1. The monoisotopic (exact) mass is 707 g/mol. The van der Waals surface area contributed by atoms with E-state index in [0.29, 0.717) is 28.2 Å². The number of hydrogen-bond donors (Lipinski definition) is 4. The van der Waals surface area contributed by atoms with Crippen molar-refractivity contribution in [1.82, 2.24) is 24.1 Å². The number of nitrogens with one attached hydrogen (secondary N) is 3. The van der Waals surface area contributed by atoms with E-state index in [1.165, 1.54) is 32.2 Å². The van der Waals surface area contributed by atoms with Crippen LogP contribution in [-0.2, 0) is 41.2 Å². The lowest BCUT2D eigenvalue weighted by Gasteiger charge is -2.32. The average molecular weight is 708 g/mol. The van der Waals surface area contributed by atoms with Crippen LogP contribution in [0.25, 0.3) is 21.8 Å². The number of amides is 5. The molecular formula is C32H30FN7O9S. The van der Waals surface area contributed by atoms with E-state index in [2.05, 4.69) is 10.6 Å². The fourth-order valence-electron chi connectivity index (χ4n) is 6.91. The van der Waals surface area contributed by atoms with Gasteiger partial charge < -0.3 is 15.3 Å². The molecule has 16 nitrogen and oxygen atoms in total. The van der Waals surface area contributed by atoms with Crippen molar-refractivity contribution in [2.45, 2.75) is 37.6 Å². The molecule has 3 aromatic carbocycles. The van der Waals surface area contributed by atoms with Crippen molar-refractivity contribution >= 4 is 72.9 Å². The second-order valence-electron chi connectivity index (χ2n) is 12.5. The zero-order valence-electron chi connectivity index (χ0n) is 26.4. The number of carbonyl (C=O) groups excluding carboxylic acids is 5.